The molecule has 1 saturated carbocycles. The van der Waals surface area contributed by atoms with Crippen molar-refractivity contribution in [3.8, 4) is 0 Å². The molecule has 1 aromatic carbocycles. The SMILES string of the molecule is C=C(C)CCC(N)C1(c2ccccc2)CCCC1. The number of allylic oxidation sites excluding steroid dienone is 1. The van der Waals surface area contributed by atoms with Crippen LogP contribution in [0.2, 0.25) is 0 Å². The van der Waals surface area contributed by atoms with Crippen LogP contribution in [0.1, 0.15) is 51.0 Å². The Morgan fingerprint density at radius 1 is 1.28 bits per heavy atom. The molecule has 18 heavy (non-hydrogen) atoms. The molecule has 0 aromatic heterocycles. The molecule has 0 heterocycles. The van der Waals surface area contributed by atoms with Crippen LogP contribution < -0.4 is 5.73 Å². The van der Waals surface area contributed by atoms with Crippen LogP contribution in [-0.2, 0) is 5.41 Å². The Hall–Kier alpha value is -1.08. The van der Waals surface area contributed by atoms with Crippen LogP contribution in [0.15, 0.2) is 42.5 Å². The van der Waals surface area contributed by atoms with E-state index in [1.54, 1.807) is 0 Å². The van der Waals surface area contributed by atoms with E-state index >= 15 is 0 Å². The van der Waals surface area contributed by atoms with Gasteiger partial charge in [-0.1, -0.05) is 48.7 Å². The Morgan fingerprint density at radius 2 is 1.89 bits per heavy atom. The summed E-state index contributed by atoms with van der Waals surface area (Å²) in [7, 11) is 0. The third-order valence-corrected chi connectivity index (χ3v) is 4.44. The molecule has 0 saturated heterocycles. The van der Waals surface area contributed by atoms with Crippen LogP contribution in [-0.4, -0.2) is 6.04 Å². The van der Waals surface area contributed by atoms with Crippen molar-refractivity contribution in [1.82, 2.24) is 0 Å². The Kier molecular flexibility index (Phi) is 4.23. The Balaban J connectivity index is 2.19. The van der Waals surface area contributed by atoms with Gasteiger partial charge in [-0.05, 0) is 38.2 Å². The minimum Gasteiger partial charge on any atom is -0.327 e. The third-order valence-electron chi connectivity index (χ3n) is 4.44. The second kappa shape index (κ2) is 5.71. The van der Waals surface area contributed by atoms with E-state index in [0.29, 0.717) is 0 Å². The number of benzene rings is 1. The molecule has 1 aliphatic carbocycles. The lowest BCUT2D eigenvalue weighted by molar-refractivity contribution is 0.334. The maximum absolute atomic E-state index is 6.55. The normalized spacial score (nSPS) is 19.7. The van der Waals surface area contributed by atoms with Crippen molar-refractivity contribution < 1.29 is 0 Å². The monoisotopic (exact) mass is 243 g/mol. The average molecular weight is 243 g/mol. The van der Waals surface area contributed by atoms with E-state index < -0.39 is 0 Å². The van der Waals surface area contributed by atoms with E-state index in [2.05, 4.69) is 43.8 Å². The van der Waals surface area contributed by atoms with Gasteiger partial charge in [0.1, 0.15) is 0 Å². The third kappa shape index (κ3) is 2.67. The van der Waals surface area contributed by atoms with Crippen LogP contribution in [0.3, 0.4) is 0 Å². The fourth-order valence-electron chi connectivity index (χ4n) is 3.33. The van der Waals surface area contributed by atoms with Gasteiger partial charge in [0.2, 0.25) is 0 Å². The van der Waals surface area contributed by atoms with Gasteiger partial charge >= 0.3 is 0 Å². The molecule has 2 N–H and O–H groups in total. The van der Waals surface area contributed by atoms with Gasteiger partial charge in [0, 0.05) is 11.5 Å². The quantitative estimate of drug-likeness (QED) is 0.771. The van der Waals surface area contributed by atoms with Gasteiger partial charge in [-0.25, -0.2) is 0 Å². The lowest BCUT2D eigenvalue weighted by Crippen LogP contribution is -2.43. The molecule has 2 rings (SSSR count). The fourth-order valence-corrected chi connectivity index (χ4v) is 3.33. The zero-order valence-corrected chi connectivity index (χ0v) is 11.5. The van der Waals surface area contributed by atoms with Gasteiger partial charge in [-0.15, -0.1) is 6.58 Å². The Bertz CT molecular complexity index is 387. The van der Waals surface area contributed by atoms with Gasteiger partial charge < -0.3 is 5.73 Å². The summed E-state index contributed by atoms with van der Waals surface area (Å²) in [5, 5.41) is 0. The minimum absolute atomic E-state index is 0.219. The Labute approximate surface area is 111 Å². The van der Waals surface area contributed by atoms with E-state index in [1.807, 2.05) is 0 Å². The summed E-state index contributed by atoms with van der Waals surface area (Å²) < 4.78 is 0. The van der Waals surface area contributed by atoms with Crippen molar-refractivity contribution in [3.63, 3.8) is 0 Å². The lowest BCUT2D eigenvalue weighted by Gasteiger charge is -2.36. The van der Waals surface area contributed by atoms with Crippen molar-refractivity contribution in [1.29, 1.82) is 0 Å². The fraction of sp³-hybridized carbons (Fsp3) is 0.529. The van der Waals surface area contributed by atoms with Crippen LogP contribution in [0.25, 0.3) is 0 Å². The summed E-state index contributed by atoms with van der Waals surface area (Å²) in [6, 6.07) is 11.1. The summed E-state index contributed by atoms with van der Waals surface area (Å²) in [6.07, 6.45) is 7.23. The largest absolute Gasteiger partial charge is 0.327 e. The zero-order chi connectivity index (χ0) is 13.0. The van der Waals surface area contributed by atoms with Crippen molar-refractivity contribution in [2.45, 2.75) is 56.9 Å². The van der Waals surface area contributed by atoms with E-state index in [-0.39, 0.29) is 11.5 Å². The molecular weight excluding hydrogens is 218 g/mol. The highest BCUT2D eigenvalue weighted by atomic mass is 14.7. The van der Waals surface area contributed by atoms with Crippen LogP contribution >= 0.6 is 0 Å². The number of rotatable bonds is 5. The predicted octanol–water partition coefficient (Wildman–Crippen LogP) is 4.18. The van der Waals surface area contributed by atoms with Gasteiger partial charge in [-0.2, -0.15) is 0 Å². The van der Waals surface area contributed by atoms with Crippen LogP contribution in [0.5, 0.6) is 0 Å². The second-order valence-corrected chi connectivity index (χ2v) is 5.83. The summed E-state index contributed by atoms with van der Waals surface area (Å²) >= 11 is 0. The van der Waals surface area contributed by atoms with Crippen molar-refractivity contribution in [2.24, 2.45) is 5.73 Å². The molecule has 98 valence electrons. The molecule has 1 atom stereocenters. The summed E-state index contributed by atoms with van der Waals surface area (Å²) in [5.74, 6) is 0. The highest BCUT2D eigenvalue weighted by molar-refractivity contribution is 5.29. The molecular formula is C17H25N. The van der Waals surface area contributed by atoms with Crippen molar-refractivity contribution >= 4 is 0 Å². The van der Waals surface area contributed by atoms with E-state index in [9.17, 15) is 0 Å². The summed E-state index contributed by atoms with van der Waals surface area (Å²) in [6.45, 7) is 6.09. The topological polar surface area (TPSA) is 26.0 Å². The second-order valence-electron chi connectivity index (χ2n) is 5.83. The standard InChI is InChI=1S/C17H25N/c1-14(2)10-11-16(18)17(12-6-7-13-17)15-8-4-3-5-9-15/h3-5,8-9,16H,1,6-7,10-13,18H2,2H3. The van der Waals surface area contributed by atoms with E-state index in [0.717, 1.165) is 12.8 Å². The highest BCUT2D eigenvalue weighted by Crippen LogP contribution is 2.44. The molecule has 1 fully saturated rings. The first-order valence-corrected chi connectivity index (χ1v) is 7.11. The molecule has 0 radical (unpaired) electrons. The van der Waals surface area contributed by atoms with Crippen LogP contribution in [0, 0.1) is 0 Å². The maximum atomic E-state index is 6.55. The molecule has 0 spiro atoms. The number of hydrogen-bond donors (Lipinski definition) is 1. The Morgan fingerprint density at radius 3 is 2.44 bits per heavy atom. The minimum atomic E-state index is 0.219. The smallest absolute Gasteiger partial charge is 0.0139 e. The van der Waals surface area contributed by atoms with Gasteiger partial charge in [-0.3, -0.25) is 0 Å². The summed E-state index contributed by atoms with van der Waals surface area (Å²) in [4.78, 5) is 0. The first-order valence-electron chi connectivity index (χ1n) is 7.11. The molecule has 1 unspecified atom stereocenters. The van der Waals surface area contributed by atoms with Crippen molar-refractivity contribution in [3.05, 3.63) is 48.0 Å². The zero-order valence-electron chi connectivity index (χ0n) is 11.5. The number of nitrogens with two attached hydrogens (primary N) is 1. The molecule has 0 amide bonds. The van der Waals surface area contributed by atoms with E-state index in [1.165, 1.54) is 36.8 Å². The van der Waals surface area contributed by atoms with Crippen molar-refractivity contribution in [2.75, 3.05) is 0 Å². The number of hydrogen-bond acceptors (Lipinski definition) is 1. The molecule has 1 heteroatoms. The summed E-state index contributed by atoms with van der Waals surface area (Å²) in [5.41, 5.74) is 9.46. The molecule has 1 aromatic rings. The molecule has 0 aliphatic heterocycles. The van der Waals surface area contributed by atoms with Gasteiger partial charge in [0.25, 0.3) is 0 Å². The van der Waals surface area contributed by atoms with Gasteiger partial charge in [0.15, 0.2) is 0 Å². The highest BCUT2D eigenvalue weighted by Gasteiger charge is 2.40. The van der Waals surface area contributed by atoms with Gasteiger partial charge in [0.05, 0.1) is 0 Å². The lowest BCUT2D eigenvalue weighted by atomic mass is 9.71. The average Bonchev–Trinajstić information content (AvgIpc) is 2.87. The predicted molar refractivity (Wildman–Crippen MR) is 78.6 cm³/mol. The van der Waals surface area contributed by atoms with E-state index in [4.69, 9.17) is 5.73 Å². The maximum Gasteiger partial charge on any atom is 0.0139 e. The first kappa shape index (κ1) is 13.4. The van der Waals surface area contributed by atoms with Crippen LogP contribution in [0.4, 0.5) is 0 Å². The molecule has 0 bridgehead atoms. The molecule has 1 nitrogen and oxygen atoms in total. The molecule has 1 aliphatic rings. The first-order chi connectivity index (χ1) is 8.65.